The molecule has 0 bridgehead atoms. The molecule has 1 aromatic heterocycles. The van der Waals surface area contributed by atoms with E-state index in [0.29, 0.717) is 0 Å². The first-order valence-electron chi connectivity index (χ1n) is 6.05. The maximum Gasteiger partial charge on any atom is 0.175 e. The van der Waals surface area contributed by atoms with E-state index in [1.54, 1.807) is 25.5 Å². The highest BCUT2D eigenvalue weighted by Crippen LogP contribution is 2.29. The van der Waals surface area contributed by atoms with E-state index in [0.717, 1.165) is 34.3 Å². The summed E-state index contributed by atoms with van der Waals surface area (Å²) in [5.74, 6) is 0.506. The molecular formula is C16H13FO2. The third-order valence-electron chi connectivity index (χ3n) is 3.12. The maximum absolute atomic E-state index is 12.9. The highest BCUT2D eigenvalue weighted by atomic mass is 19.1. The summed E-state index contributed by atoms with van der Waals surface area (Å²) in [4.78, 5) is 0. The zero-order valence-electron chi connectivity index (χ0n) is 10.5. The minimum Gasteiger partial charge on any atom is -0.493 e. The molecule has 0 unspecified atom stereocenters. The SMILES string of the molecule is COc1cc(Cc2ccc(F)cc2)cc2ccoc12. The average Bonchev–Trinajstić information content (AvgIpc) is 2.89. The highest BCUT2D eigenvalue weighted by molar-refractivity contribution is 5.84. The number of hydrogen-bond acceptors (Lipinski definition) is 2. The predicted molar refractivity (Wildman–Crippen MR) is 72.0 cm³/mol. The Morgan fingerprint density at radius 3 is 2.58 bits per heavy atom. The van der Waals surface area contributed by atoms with Gasteiger partial charge in [-0.3, -0.25) is 0 Å². The van der Waals surface area contributed by atoms with E-state index < -0.39 is 0 Å². The molecule has 0 fully saturated rings. The second kappa shape index (κ2) is 4.76. The van der Waals surface area contributed by atoms with Crippen molar-refractivity contribution in [3.05, 3.63) is 65.7 Å². The van der Waals surface area contributed by atoms with Crippen LogP contribution in [0.5, 0.6) is 5.75 Å². The van der Waals surface area contributed by atoms with Crippen LogP contribution >= 0.6 is 0 Å². The minimum atomic E-state index is -0.216. The number of furan rings is 1. The Bertz CT molecular complexity index is 698. The monoisotopic (exact) mass is 256 g/mol. The molecule has 19 heavy (non-hydrogen) atoms. The molecule has 0 radical (unpaired) electrons. The van der Waals surface area contributed by atoms with Gasteiger partial charge in [-0.1, -0.05) is 12.1 Å². The van der Waals surface area contributed by atoms with E-state index in [4.69, 9.17) is 9.15 Å². The van der Waals surface area contributed by atoms with Gasteiger partial charge in [-0.25, -0.2) is 4.39 Å². The van der Waals surface area contributed by atoms with Crippen molar-refractivity contribution < 1.29 is 13.5 Å². The normalized spacial score (nSPS) is 10.8. The molecule has 0 saturated heterocycles. The first-order chi connectivity index (χ1) is 9.26. The van der Waals surface area contributed by atoms with E-state index in [1.807, 2.05) is 12.1 Å². The van der Waals surface area contributed by atoms with Crippen LogP contribution in [0.15, 0.2) is 53.1 Å². The van der Waals surface area contributed by atoms with Crippen molar-refractivity contribution in [1.29, 1.82) is 0 Å². The Morgan fingerprint density at radius 2 is 1.84 bits per heavy atom. The molecule has 0 N–H and O–H groups in total. The Balaban J connectivity index is 1.98. The molecule has 3 rings (SSSR count). The van der Waals surface area contributed by atoms with Crippen molar-refractivity contribution in [3.63, 3.8) is 0 Å². The lowest BCUT2D eigenvalue weighted by Crippen LogP contribution is -1.91. The topological polar surface area (TPSA) is 22.4 Å². The Labute approximate surface area is 110 Å². The van der Waals surface area contributed by atoms with Crippen molar-refractivity contribution in [3.8, 4) is 5.75 Å². The minimum absolute atomic E-state index is 0.216. The van der Waals surface area contributed by atoms with E-state index >= 15 is 0 Å². The van der Waals surface area contributed by atoms with Gasteiger partial charge in [0.05, 0.1) is 13.4 Å². The van der Waals surface area contributed by atoms with Crippen molar-refractivity contribution >= 4 is 11.0 Å². The molecule has 0 aliphatic heterocycles. The lowest BCUT2D eigenvalue weighted by atomic mass is 10.0. The second-order valence-corrected chi connectivity index (χ2v) is 4.44. The molecule has 3 aromatic rings. The van der Waals surface area contributed by atoms with Gasteiger partial charge in [0.15, 0.2) is 11.3 Å². The van der Waals surface area contributed by atoms with Crippen LogP contribution in [0, 0.1) is 5.82 Å². The number of hydrogen-bond donors (Lipinski definition) is 0. The van der Waals surface area contributed by atoms with Crippen LogP contribution in [0.25, 0.3) is 11.0 Å². The Morgan fingerprint density at radius 1 is 1.05 bits per heavy atom. The van der Waals surface area contributed by atoms with Crippen LogP contribution in [-0.2, 0) is 6.42 Å². The average molecular weight is 256 g/mol. The first-order valence-corrected chi connectivity index (χ1v) is 6.05. The quantitative estimate of drug-likeness (QED) is 0.701. The van der Waals surface area contributed by atoms with Crippen LogP contribution in [0.1, 0.15) is 11.1 Å². The molecule has 1 heterocycles. The van der Waals surface area contributed by atoms with Gasteiger partial charge in [0.2, 0.25) is 0 Å². The van der Waals surface area contributed by atoms with Crippen LogP contribution in [0.4, 0.5) is 4.39 Å². The number of methoxy groups -OCH3 is 1. The number of halogens is 1. The number of fused-ring (bicyclic) bond motifs is 1. The summed E-state index contributed by atoms with van der Waals surface area (Å²) in [5.41, 5.74) is 2.93. The van der Waals surface area contributed by atoms with Crippen molar-refractivity contribution in [1.82, 2.24) is 0 Å². The predicted octanol–water partition coefficient (Wildman–Crippen LogP) is 4.17. The Kier molecular flexibility index (Phi) is 2.95. The number of rotatable bonds is 3. The van der Waals surface area contributed by atoms with Gasteiger partial charge < -0.3 is 9.15 Å². The third-order valence-corrected chi connectivity index (χ3v) is 3.12. The van der Waals surface area contributed by atoms with Gasteiger partial charge in [-0.2, -0.15) is 0 Å². The molecule has 0 amide bonds. The Hall–Kier alpha value is -2.29. The molecular weight excluding hydrogens is 243 g/mol. The molecule has 2 nitrogen and oxygen atoms in total. The summed E-state index contributed by atoms with van der Waals surface area (Å²) in [5, 5.41) is 1.01. The van der Waals surface area contributed by atoms with Gasteiger partial charge in [-0.15, -0.1) is 0 Å². The highest BCUT2D eigenvalue weighted by Gasteiger charge is 2.08. The summed E-state index contributed by atoms with van der Waals surface area (Å²) in [6, 6.07) is 12.5. The largest absolute Gasteiger partial charge is 0.493 e. The van der Waals surface area contributed by atoms with E-state index in [2.05, 4.69) is 6.07 Å². The second-order valence-electron chi connectivity index (χ2n) is 4.44. The molecule has 2 aromatic carbocycles. The van der Waals surface area contributed by atoms with E-state index in [1.165, 1.54) is 12.1 Å². The van der Waals surface area contributed by atoms with Crippen molar-refractivity contribution in [2.75, 3.05) is 7.11 Å². The molecule has 96 valence electrons. The lowest BCUT2D eigenvalue weighted by molar-refractivity contribution is 0.410. The molecule has 0 atom stereocenters. The zero-order valence-corrected chi connectivity index (χ0v) is 10.5. The molecule has 0 spiro atoms. The zero-order chi connectivity index (χ0) is 13.2. The number of ether oxygens (including phenoxy) is 1. The van der Waals surface area contributed by atoms with E-state index in [-0.39, 0.29) is 5.82 Å². The summed E-state index contributed by atoms with van der Waals surface area (Å²) in [6.45, 7) is 0. The standard InChI is InChI=1S/C16H13FO2/c1-18-15-10-12(9-13-6-7-19-16(13)15)8-11-2-4-14(17)5-3-11/h2-7,9-10H,8H2,1H3. The summed E-state index contributed by atoms with van der Waals surface area (Å²) in [6.07, 6.45) is 2.38. The van der Waals surface area contributed by atoms with Crippen LogP contribution in [0.3, 0.4) is 0 Å². The third kappa shape index (κ3) is 2.32. The fraction of sp³-hybridized carbons (Fsp3) is 0.125. The van der Waals surface area contributed by atoms with E-state index in [9.17, 15) is 4.39 Å². The van der Waals surface area contributed by atoms with Crippen LogP contribution in [-0.4, -0.2) is 7.11 Å². The fourth-order valence-electron chi connectivity index (χ4n) is 2.20. The van der Waals surface area contributed by atoms with Crippen LogP contribution in [0.2, 0.25) is 0 Å². The molecule has 0 saturated carbocycles. The van der Waals surface area contributed by atoms with Gasteiger partial charge in [0.1, 0.15) is 5.82 Å². The van der Waals surface area contributed by atoms with Crippen molar-refractivity contribution in [2.45, 2.75) is 6.42 Å². The van der Waals surface area contributed by atoms with Gasteiger partial charge in [0, 0.05) is 5.39 Å². The molecule has 3 heteroatoms. The van der Waals surface area contributed by atoms with Crippen molar-refractivity contribution in [2.24, 2.45) is 0 Å². The van der Waals surface area contributed by atoms with Gasteiger partial charge >= 0.3 is 0 Å². The summed E-state index contributed by atoms with van der Waals surface area (Å²) < 4.78 is 23.6. The van der Waals surface area contributed by atoms with Gasteiger partial charge in [0.25, 0.3) is 0 Å². The van der Waals surface area contributed by atoms with Gasteiger partial charge in [-0.05, 0) is 47.9 Å². The molecule has 0 aliphatic carbocycles. The summed E-state index contributed by atoms with van der Waals surface area (Å²) in [7, 11) is 1.62. The van der Waals surface area contributed by atoms with Crippen LogP contribution < -0.4 is 4.74 Å². The summed E-state index contributed by atoms with van der Waals surface area (Å²) >= 11 is 0. The maximum atomic E-state index is 12.9. The fourth-order valence-corrected chi connectivity index (χ4v) is 2.20. The number of benzene rings is 2. The first kappa shape index (κ1) is 11.8. The lowest BCUT2D eigenvalue weighted by Gasteiger charge is -2.06. The molecule has 0 aliphatic rings. The smallest absolute Gasteiger partial charge is 0.175 e.